The normalized spacial score (nSPS) is 16.5. The SMILES string of the molecule is CC[C@H](CNC(=O)C1CCN(C(=O)N(C)C)CC1)c1ccccc1. The highest BCUT2D eigenvalue weighted by Gasteiger charge is 2.28. The van der Waals surface area contributed by atoms with Crippen LogP contribution in [0.3, 0.4) is 0 Å². The fourth-order valence-electron chi connectivity index (χ4n) is 3.21. The number of urea groups is 1. The van der Waals surface area contributed by atoms with Gasteiger partial charge < -0.3 is 15.1 Å². The van der Waals surface area contributed by atoms with Gasteiger partial charge in [0.2, 0.25) is 5.91 Å². The minimum atomic E-state index is 0.0180. The molecule has 0 aromatic heterocycles. The van der Waals surface area contributed by atoms with Gasteiger partial charge in [0.25, 0.3) is 0 Å². The molecule has 1 heterocycles. The first kappa shape index (κ1) is 18.3. The molecule has 5 nitrogen and oxygen atoms in total. The van der Waals surface area contributed by atoms with E-state index in [9.17, 15) is 9.59 Å². The summed E-state index contributed by atoms with van der Waals surface area (Å²) >= 11 is 0. The van der Waals surface area contributed by atoms with Crippen molar-refractivity contribution in [3.8, 4) is 0 Å². The predicted molar refractivity (Wildman–Crippen MR) is 95.9 cm³/mol. The second-order valence-electron chi connectivity index (χ2n) is 6.70. The van der Waals surface area contributed by atoms with Crippen LogP contribution in [0.2, 0.25) is 0 Å². The number of hydrogen-bond acceptors (Lipinski definition) is 2. The lowest BCUT2D eigenvalue weighted by Crippen LogP contribution is -2.46. The van der Waals surface area contributed by atoms with Gasteiger partial charge in [0.05, 0.1) is 0 Å². The van der Waals surface area contributed by atoms with E-state index < -0.39 is 0 Å². The van der Waals surface area contributed by atoms with Crippen LogP contribution in [0.15, 0.2) is 30.3 Å². The van der Waals surface area contributed by atoms with E-state index >= 15 is 0 Å². The summed E-state index contributed by atoms with van der Waals surface area (Å²) < 4.78 is 0. The Bertz CT molecular complexity index is 537. The van der Waals surface area contributed by atoms with Crippen LogP contribution in [0.5, 0.6) is 0 Å². The molecule has 1 fully saturated rings. The summed E-state index contributed by atoms with van der Waals surface area (Å²) in [5, 5.41) is 3.12. The number of benzene rings is 1. The molecule has 1 N–H and O–H groups in total. The van der Waals surface area contributed by atoms with E-state index in [1.165, 1.54) is 5.56 Å². The Morgan fingerprint density at radius 2 is 1.83 bits per heavy atom. The number of carbonyl (C=O) groups is 2. The van der Waals surface area contributed by atoms with Crippen LogP contribution in [0.25, 0.3) is 0 Å². The highest BCUT2D eigenvalue weighted by atomic mass is 16.2. The monoisotopic (exact) mass is 331 g/mol. The Morgan fingerprint density at radius 1 is 1.21 bits per heavy atom. The molecular weight excluding hydrogens is 302 g/mol. The zero-order valence-electron chi connectivity index (χ0n) is 15.0. The molecule has 0 aliphatic carbocycles. The molecule has 1 saturated heterocycles. The largest absolute Gasteiger partial charge is 0.355 e. The number of likely N-dealkylation sites (tertiary alicyclic amines) is 1. The van der Waals surface area contributed by atoms with Gasteiger partial charge in [0.15, 0.2) is 0 Å². The van der Waals surface area contributed by atoms with E-state index in [1.54, 1.807) is 19.0 Å². The van der Waals surface area contributed by atoms with Crippen molar-refractivity contribution in [2.45, 2.75) is 32.1 Å². The van der Waals surface area contributed by atoms with Crippen molar-refractivity contribution < 1.29 is 9.59 Å². The zero-order valence-corrected chi connectivity index (χ0v) is 15.0. The number of nitrogens with zero attached hydrogens (tertiary/aromatic N) is 2. The molecular formula is C19H29N3O2. The van der Waals surface area contributed by atoms with Crippen molar-refractivity contribution in [1.82, 2.24) is 15.1 Å². The zero-order chi connectivity index (χ0) is 17.5. The molecule has 24 heavy (non-hydrogen) atoms. The number of nitrogens with one attached hydrogen (secondary N) is 1. The first-order valence-electron chi connectivity index (χ1n) is 8.81. The Labute approximate surface area is 145 Å². The van der Waals surface area contributed by atoms with Gasteiger partial charge >= 0.3 is 6.03 Å². The van der Waals surface area contributed by atoms with Gasteiger partial charge in [-0.15, -0.1) is 0 Å². The molecule has 0 bridgehead atoms. The Morgan fingerprint density at radius 3 is 2.38 bits per heavy atom. The van der Waals surface area contributed by atoms with E-state index in [4.69, 9.17) is 0 Å². The van der Waals surface area contributed by atoms with E-state index in [1.807, 2.05) is 23.1 Å². The molecule has 5 heteroatoms. The molecule has 0 unspecified atom stereocenters. The fourth-order valence-corrected chi connectivity index (χ4v) is 3.21. The molecule has 132 valence electrons. The number of amides is 3. The van der Waals surface area contributed by atoms with Gasteiger partial charge in [-0.3, -0.25) is 4.79 Å². The smallest absolute Gasteiger partial charge is 0.319 e. The van der Waals surface area contributed by atoms with Gasteiger partial charge in [0, 0.05) is 45.6 Å². The number of rotatable bonds is 5. The van der Waals surface area contributed by atoms with Crippen LogP contribution in [0.1, 0.15) is 37.7 Å². The minimum absolute atomic E-state index is 0.0180. The number of hydrogen-bond donors (Lipinski definition) is 1. The maximum Gasteiger partial charge on any atom is 0.319 e. The van der Waals surface area contributed by atoms with Crippen molar-refractivity contribution in [3.05, 3.63) is 35.9 Å². The lowest BCUT2D eigenvalue weighted by Gasteiger charge is -2.33. The van der Waals surface area contributed by atoms with E-state index in [0.29, 0.717) is 25.6 Å². The summed E-state index contributed by atoms with van der Waals surface area (Å²) in [5.74, 6) is 0.497. The van der Waals surface area contributed by atoms with E-state index in [0.717, 1.165) is 19.3 Å². The van der Waals surface area contributed by atoms with Gasteiger partial charge in [-0.25, -0.2) is 4.79 Å². The third kappa shape index (κ3) is 4.73. The molecule has 1 aromatic rings. The second kappa shape index (κ2) is 8.71. The third-order valence-corrected chi connectivity index (χ3v) is 4.81. The van der Waals surface area contributed by atoms with Crippen LogP contribution in [-0.2, 0) is 4.79 Å². The van der Waals surface area contributed by atoms with Gasteiger partial charge in [0.1, 0.15) is 0 Å². The highest BCUT2D eigenvalue weighted by molar-refractivity contribution is 5.79. The Hall–Kier alpha value is -2.04. The summed E-state index contributed by atoms with van der Waals surface area (Å²) in [6.45, 7) is 4.14. The van der Waals surface area contributed by atoms with Crippen LogP contribution in [0.4, 0.5) is 4.79 Å². The predicted octanol–water partition coefficient (Wildman–Crippen LogP) is 2.69. The standard InChI is InChI=1S/C19H29N3O2/c1-4-15(16-8-6-5-7-9-16)14-20-18(23)17-10-12-22(13-11-17)19(24)21(2)3/h5-9,15,17H,4,10-14H2,1-3H3,(H,20,23)/t15-/m1/s1. The topological polar surface area (TPSA) is 52.7 Å². The summed E-state index contributed by atoms with van der Waals surface area (Å²) in [6, 6.07) is 10.4. The molecule has 1 aliphatic rings. The average molecular weight is 331 g/mol. The molecule has 2 rings (SSSR count). The highest BCUT2D eigenvalue weighted by Crippen LogP contribution is 2.20. The fraction of sp³-hybridized carbons (Fsp3) is 0.579. The molecule has 3 amide bonds. The van der Waals surface area contributed by atoms with Gasteiger partial charge in [-0.2, -0.15) is 0 Å². The molecule has 0 saturated carbocycles. The van der Waals surface area contributed by atoms with Crippen LogP contribution in [0, 0.1) is 5.92 Å². The number of piperidine rings is 1. The lowest BCUT2D eigenvalue weighted by atomic mass is 9.94. The quantitative estimate of drug-likeness (QED) is 0.902. The Kier molecular flexibility index (Phi) is 6.64. The first-order valence-corrected chi connectivity index (χ1v) is 8.81. The maximum absolute atomic E-state index is 12.4. The van der Waals surface area contributed by atoms with E-state index in [2.05, 4.69) is 24.4 Å². The molecule has 1 aliphatic heterocycles. The summed E-state index contributed by atoms with van der Waals surface area (Å²) in [4.78, 5) is 27.8. The minimum Gasteiger partial charge on any atom is -0.355 e. The lowest BCUT2D eigenvalue weighted by molar-refractivity contribution is -0.126. The molecule has 0 spiro atoms. The van der Waals surface area contributed by atoms with Crippen molar-refractivity contribution >= 4 is 11.9 Å². The summed E-state index contributed by atoms with van der Waals surface area (Å²) in [6.07, 6.45) is 2.49. The third-order valence-electron chi connectivity index (χ3n) is 4.81. The van der Waals surface area contributed by atoms with Crippen LogP contribution < -0.4 is 5.32 Å². The molecule has 1 aromatic carbocycles. The Balaban J connectivity index is 1.80. The molecule has 1 atom stereocenters. The van der Waals surface area contributed by atoms with Crippen molar-refractivity contribution in [1.29, 1.82) is 0 Å². The summed E-state index contributed by atoms with van der Waals surface area (Å²) in [7, 11) is 3.52. The summed E-state index contributed by atoms with van der Waals surface area (Å²) in [5.41, 5.74) is 1.27. The van der Waals surface area contributed by atoms with Crippen LogP contribution in [-0.4, -0.2) is 55.5 Å². The van der Waals surface area contributed by atoms with Gasteiger partial charge in [-0.1, -0.05) is 37.3 Å². The van der Waals surface area contributed by atoms with Gasteiger partial charge in [-0.05, 0) is 24.8 Å². The maximum atomic E-state index is 12.4. The molecule has 0 radical (unpaired) electrons. The van der Waals surface area contributed by atoms with Crippen molar-refractivity contribution in [3.63, 3.8) is 0 Å². The average Bonchev–Trinajstić information content (AvgIpc) is 2.62. The first-order chi connectivity index (χ1) is 11.5. The van der Waals surface area contributed by atoms with Crippen LogP contribution >= 0.6 is 0 Å². The van der Waals surface area contributed by atoms with Crippen molar-refractivity contribution in [2.75, 3.05) is 33.7 Å². The van der Waals surface area contributed by atoms with Crippen molar-refractivity contribution in [2.24, 2.45) is 5.92 Å². The second-order valence-corrected chi connectivity index (χ2v) is 6.70. The number of carbonyl (C=O) groups excluding carboxylic acids is 2. The van der Waals surface area contributed by atoms with E-state index in [-0.39, 0.29) is 17.9 Å².